The minimum atomic E-state index is -0.786. The van der Waals surface area contributed by atoms with E-state index >= 15 is 0 Å². The summed E-state index contributed by atoms with van der Waals surface area (Å²) in [5.74, 6) is -0.283. The molecule has 0 saturated heterocycles. The number of benzene rings is 1. The first kappa shape index (κ1) is 28.7. The molecule has 0 aliphatic heterocycles. The number of alkyl carbamates (subject to hydrolysis) is 1. The van der Waals surface area contributed by atoms with Crippen molar-refractivity contribution in [2.75, 3.05) is 0 Å². The maximum atomic E-state index is 14.2. The van der Waals surface area contributed by atoms with Gasteiger partial charge in [-0.05, 0) is 85.6 Å². The lowest BCUT2D eigenvalue weighted by Crippen LogP contribution is -2.58. The number of hydrogen-bond acceptors (Lipinski definition) is 4. The van der Waals surface area contributed by atoms with Crippen molar-refractivity contribution in [2.45, 2.75) is 118 Å². The summed E-state index contributed by atoms with van der Waals surface area (Å²) >= 11 is 0. The molecule has 7 heteroatoms. The summed E-state index contributed by atoms with van der Waals surface area (Å²) in [4.78, 5) is 42.2. The van der Waals surface area contributed by atoms with Gasteiger partial charge in [-0.3, -0.25) is 9.59 Å². The molecule has 1 fully saturated rings. The maximum Gasteiger partial charge on any atom is 0.408 e. The Kier molecular flexibility index (Phi) is 9.76. The SMILES string of the molecule is Cc1cc(C)cc(C(C(=O)NC(C)C)N(C(=O)C(CC(C)C)NC(=O)OC(C)(C)C)C2CCC2)c1. The molecule has 7 nitrogen and oxygen atoms in total. The third-order valence-corrected chi connectivity index (χ3v) is 5.94. The van der Waals surface area contributed by atoms with Gasteiger partial charge in [0.25, 0.3) is 0 Å². The van der Waals surface area contributed by atoms with Crippen LogP contribution in [0.1, 0.15) is 96.9 Å². The highest BCUT2D eigenvalue weighted by Crippen LogP contribution is 2.35. The van der Waals surface area contributed by atoms with E-state index in [-0.39, 0.29) is 29.8 Å². The first-order valence-corrected chi connectivity index (χ1v) is 12.9. The first-order chi connectivity index (χ1) is 16.2. The van der Waals surface area contributed by atoms with E-state index in [0.717, 1.165) is 36.0 Å². The van der Waals surface area contributed by atoms with Crippen LogP contribution in [0.4, 0.5) is 4.79 Å². The van der Waals surface area contributed by atoms with Crippen molar-refractivity contribution in [1.29, 1.82) is 0 Å². The van der Waals surface area contributed by atoms with Crippen LogP contribution >= 0.6 is 0 Å². The fourth-order valence-corrected chi connectivity index (χ4v) is 4.48. The Morgan fingerprint density at radius 3 is 2.00 bits per heavy atom. The normalized spacial score (nSPS) is 15.9. The third-order valence-electron chi connectivity index (χ3n) is 5.94. The van der Waals surface area contributed by atoms with Gasteiger partial charge in [0.1, 0.15) is 17.7 Å². The summed E-state index contributed by atoms with van der Waals surface area (Å²) in [5, 5.41) is 5.84. The molecule has 1 aliphatic rings. The van der Waals surface area contributed by atoms with Crippen LogP contribution in [0, 0.1) is 19.8 Å². The molecular weight excluding hydrogens is 442 g/mol. The van der Waals surface area contributed by atoms with Crippen molar-refractivity contribution in [2.24, 2.45) is 5.92 Å². The highest BCUT2D eigenvalue weighted by molar-refractivity contribution is 5.92. The van der Waals surface area contributed by atoms with Gasteiger partial charge in [0, 0.05) is 12.1 Å². The van der Waals surface area contributed by atoms with Crippen LogP contribution in [-0.2, 0) is 14.3 Å². The Morgan fingerprint density at radius 2 is 1.57 bits per heavy atom. The van der Waals surface area contributed by atoms with E-state index in [2.05, 4.69) is 16.7 Å². The lowest BCUT2D eigenvalue weighted by atomic mass is 9.87. The van der Waals surface area contributed by atoms with Gasteiger partial charge in [-0.2, -0.15) is 0 Å². The summed E-state index contributed by atoms with van der Waals surface area (Å²) in [5.41, 5.74) is 2.19. The molecule has 3 amide bonds. The molecule has 0 aromatic heterocycles. The third kappa shape index (κ3) is 8.55. The molecule has 0 heterocycles. The smallest absolute Gasteiger partial charge is 0.408 e. The number of aryl methyl sites for hydroxylation is 2. The van der Waals surface area contributed by atoms with E-state index in [0.29, 0.717) is 6.42 Å². The fraction of sp³-hybridized carbons (Fsp3) is 0.679. The maximum absolute atomic E-state index is 14.2. The number of carbonyl (C=O) groups is 3. The van der Waals surface area contributed by atoms with Crippen molar-refractivity contribution >= 4 is 17.9 Å². The second kappa shape index (κ2) is 11.9. The summed E-state index contributed by atoms with van der Waals surface area (Å²) in [7, 11) is 0. The van der Waals surface area contributed by atoms with E-state index in [9.17, 15) is 14.4 Å². The number of rotatable bonds is 9. The minimum absolute atomic E-state index is 0.0543. The number of hydrogen-bond donors (Lipinski definition) is 2. The van der Waals surface area contributed by atoms with Crippen molar-refractivity contribution in [1.82, 2.24) is 15.5 Å². The Labute approximate surface area is 211 Å². The molecule has 35 heavy (non-hydrogen) atoms. The second-order valence-corrected chi connectivity index (χ2v) is 11.6. The van der Waals surface area contributed by atoms with Crippen LogP contribution in [0.3, 0.4) is 0 Å². The van der Waals surface area contributed by atoms with Gasteiger partial charge in [-0.15, -0.1) is 0 Å². The lowest BCUT2D eigenvalue weighted by Gasteiger charge is -2.44. The number of ether oxygens (including phenoxy) is 1. The highest BCUT2D eigenvalue weighted by Gasteiger charge is 2.42. The molecule has 1 aliphatic carbocycles. The second-order valence-electron chi connectivity index (χ2n) is 11.6. The van der Waals surface area contributed by atoms with E-state index in [4.69, 9.17) is 4.74 Å². The number of nitrogens with one attached hydrogen (secondary N) is 2. The zero-order chi connectivity index (χ0) is 26.5. The van der Waals surface area contributed by atoms with Crippen LogP contribution in [0.15, 0.2) is 18.2 Å². The van der Waals surface area contributed by atoms with Crippen molar-refractivity contribution in [3.05, 3.63) is 34.9 Å². The fourth-order valence-electron chi connectivity index (χ4n) is 4.48. The Bertz CT molecular complexity index is 880. The van der Waals surface area contributed by atoms with Crippen molar-refractivity contribution in [3.8, 4) is 0 Å². The van der Waals surface area contributed by atoms with Crippen molar-refractivity contribution in [3.63, 3.8) is 0 Å². The molecule has 1 aromatic rings. The molecule has 2 unspecified atom stereocenters. The molecular formula is C28H45N3O4. The van der Waals surface area contributed by atoms with E-state index in [1.54, 1.807) is 25.7 Å². The lowest BCUT2D eigenvalue weighted by molar-refractivity contribution is -0.148. The standard InChI is InChI=1S/C28H45N3O4/c1-17(2)13-23(30-27(34)35-28(7,8)9)26(33)31(22-11-10-12-22)24(25(32)29-18(3)4)21-15-19(5)14-20(6)16-21/h14-18,22-24H,10-13H2,1-9H3,(H,29,32)(H,30,34). The van der Waals surface area contributed by atoms with Gasteiger partial charge in [0.05, 0.1) is 0 Å². The molecule has 2 atom stereocenters. The number of amides is 3. The van der Waals surface area contributed by atoms with Crippen LogP contribution in [-0.4, -0.2) is 46.5 Å². The molecule has 196 valence electrons. The Morgan fingerprint density at radius 1 is 1.00 bits per heavy atom. The van der Waals surface area contributed by atoms with Crippen LogP contribution in [0.5, 0.6) is 0 Å². The van der Waals surface area contributed by atoms with E-state index in [1.807, 2.05) is 53.7 Å². The van der Waals surface area contributed by atoms with Gasteiger partial charge < -0.3 is 20.3 Å². The summed E-state index contributed by atoms with van der Waals surface area (Å²) in [6, 6.07) is 4.34. The van der Waals surface area contributed by atoms with E-state index < -0.39 is 23.8 Å². The Hall–Kier alpha value is -2.57. The number of carbonyl (C=O) groups excluding carboxylic acids is 3. The summed E-state index contributed by atoms with van der Waals surface area (Å²) in [6.07, 6.45) is 2.51. The van der Waals surface area contributed by atoms with Gasteiger partial charge in [0.2, 0.25) is 11.8 Å². The predicted molar refractivity (Wildman–Crippen MR) is 139 cm³/mol. The summed E-state index contributed by atoms with van der Waals surface area (Å²) < 4.78 is 5.46. The topological polar surface area (TPSA) is 87.7 Å². The molecule has 1 aromatic carbocycles. The van der Waals surface area contributed by atoms with E-state index in [1.165, 1.54) is 0 Å². The molecule has 2 rings (SSSR count). The van der Waals surface area contributed by atoms with Gasteiger partial charge in [0.15, 0.2) is 0 Å². The first-order valence-electron chi connectivity index (χ1n) is 12.9. The molecule has 0 spiro atoms. The molecule has 0 bridgehead atoms. The van der Waals surface area contributed by atoms with Crippen LogP contribution in [0.25, 0.3) is 0 Å². The van der Waals surface area contributed by atoms with Gasteiger partial charge in [-0.1, -0.05) is 43.2 Å². The molecule has 1 saturated carbocycles. The average molecular weight is 488 g/mol. The summed E-state index contributed by atoms with van der Waals surface area (Å²) in [6.45, 7) is 17.2. The van der Waals surface area contributed by atoms with Crippen molar-refractivity contribution < 1.29 is 19.1 Å². The zero-order valence-corrected chi connectivity index (χ0v) is 23.0. The monoisotopic (exact) mass is 487 g/mol. The minimum Gasteiger partial charge on any atom is -0.444 e. The largest absolute Gasteiger partial charge is 0.444 e. The molecule has 2 N–H and O–H groups in total. The quantitative estimate of drug-likeness (QED) is 0.502. The highest BCUT2D eigenvalue weighted by atomic mass is 16.6. The van der Waals surface area contributed by atoms with Gasteiger partial charge in [-0.25, -0.2) is 4.79 Å². The van der Waals surface area contributed by atoms with Crippen LogP contribution < -0.4 is 10.6 Å². The van der Waals surface area contributed by atoms with Gasteiger partial charge >= 0.3 is 6.09 Å². The predicted octanol–water partition coefficient (Wildman–Crippen LogP) is 5.19. The zero-order valence-electron chi connectivity index (χ0n) is 23.0. The van der Waals surface area contributed by atoms with Crippen LogP contribution in [0.2, 0.25) is 0 Å². The molecule has 0 radical (unpaired) electrons. The average Bonchev–Trinajstić information content (AvgIpc) is 2.61. The Balaban J connectivity index is 2.52. The number of nitrogens with zero attached hydrogens (tertiary/aromatic N) is 1.